The molecule has 0 saturated heterocycles. The number of rotatable bonds is 2. The summed E-state index contributed by atoms with van der Waals surface area (Å²) in [4.78, 5) is 0. The highest BCUT2D eigenvalue weighted by molar-refractivity contribution is 5.57. The molecule has 1 aliphatic rings. The molecule has 2 heteroatoms. The number of nitrogen functional groups attached to an aromatic ring is 1. The van der Waals surface area contributed by atoms with Gasteiger partial charge in [0.25, 0.3) is 0 Å². The molecule has 0 heterocycles. The first-order valence-electron chi connectivity index (χ1n) is 6.69. The molecule has 1 fully saturated rings. The molecular formula is C15H24N2. The lowest BCUT2D eigenvalue weighted by molar-refractivity contribution is 0.276. The van der Waals surface area contributed by atoms with Crippen molar-refractivity contribution < 1.29 is 0 Å². The summed E-state index contributed by atoms with van der Waals surface area (Å²) in [6.45, 7) is 6.78. The second-order valence-electron chi connectivity index (χ2n) is 5.72. The van der Waals surface area contributed by atoms with Crippen molar-refractivity contribution in [3.63, 3.8) is 0 Å². The van der Waals surface area contributed by atoms with Crippen molar-refractivity contribution in [2.75, 3.05) is 11.1 Å². The Bertz CT molecular complexity index is 387. The SMILES string of the molecule is Cc1cc(NC2CCC(C)CC2C)ccc1N. The highest BCUT2D eigenvalue weighted by atomic mass is 14.9. The zero-order valence-corrected chi connectivity index (χ0v) is 11.2. The second kappa shape index (κ2) is 4.99. The van der Waals surface area contributed by atoms with Gasteiger partial charge in [-0.05, 0) is 61.8 Å². The molecule has 17 heavy (non-hydrogen) atoms. The van der Waals surface area contributed by atoms with Crippen molar-refractivity contribution in [1.82, 2.24) is 0 Å². The van der Waals surface area contributed by atoms with Crippen LogP contribution in [0.3, 0.4) is 0 Å². The lowest BCUT2D eigenvalue weighted by atomic mass is 9.80. The van der Waals surface area contributed by atoms with E-state index in [1.165, 1.54) is 24.9 Å². The first-order chi connectivity index (χ1) is 8.06. The lowest BCUT2D eigenvalue weighted by Gasteiger charge is -2.34. The van der Waals surface area contributed by atoms with Crippen molar-refractivity contribution in [2.24, 2.45) is 11.8 Å². The predicted octanol–water partition coefficient (Wildman–Crippen LogP) is 3.81. The third-order valence-corrected chi connectivity index (χ3v) is 4.05. The molecule has 2 nitrogen and oxygen atoms in total. The summed E-state index contributed by atoms with van der Waals surface area (Å²) in [5.74, 6) is 1.65. The zero-order chi connectivity index (χ0) is 12.4. The Morgan fingerprint density at radius 3 is 2.65 bits per heavy atom. The van der Waals surface area contributed by atoms with Crippen molar-refractivity contribution in [1.29, 1.82) is 0 Å². The van der Waals surface area contributed by atoms with Gasteiger partial charge in [-0.3, -0.25) is 0 Å². The van der Waals surface area contributed by atoms with Gasteiger partial charge in [-0.15, -0.1) is 0 Å². The van der Waals surface area contributed by atoms with E-state index in [2.05, 4.69) is 38.2 Å². The quantitative estimate of drug-likeness (QED) is 0.761. The van der Waals surface area contributed by atoms with Gasteiger partial charge in [0.2, 0.25) is 0 Å². The molecule has 94 valence electrons. The monoisotopic (exact) mass is 232 g/mol. The van der Waals surface area contributed by atoms with Gasteiger partial charge >= 0.3 is 0 Å². The summed E-state index contributed by atoms with van der Waals surface area (Å²) >= 11 is 0. The molecular weight excluding hydrogens is 208 g/mol. The van der Waals surface area contributed by atoms with Gasteiger partial charge in [-0.25, -0.2) is 0 Å². The van der Waals surface area contributed by atoms with E-state index in [4.69, 9.17) is 5.73 Å². The fraction of sp³-hybridized carbons (Fsp3) is 0.600. The van der Waals surface area contributed by atoms with Crippen molar-refractivity contribution >= 4 is 11.4 Å². The van der Waals surface area contributed by atoms with Crippen LogP contribution in [0.2, 0.25) is 0 Å². The van der Waals surface area contributed by atoms with E-state index in [0.717, 1.165) is 23.1 Å². The van der Waals surface area contributed by atoms with Crippen LogP contribution in [0.4, 0.5) is 11.4 Å². The Hall–Kier alpha value is -1.18. The molecule has 1 aromatic rings. The number of hydrogen-bond donors (Lipinski definition) is 2. The molecule has 1 aromatic carbocycles. The van der Waals surface area contributed by atoms with Gasteiger partial charge in [-0.2, -0.15) is 0 Å². The third kappa shape index (κ3) is 2.93. The van der Waals surface area contributed by atoms with E-state index < -0.39 is 0 Å². The van der Waals surface area contributed by atoms with E-state index in [-0.39, 0.29) is 0 Å². The fourth-order valence-corrected chi connectivity index (χ4v) is 2.86. The highest BCUT2D eigenvalue weighted by Gasteiger charge is 2.24. The van der Waals surface area contributed by atoms with Gasteiger partial charge in [0.05, 0.1) is 0 Å². The minimum absolute atomic E-state index is 0.620. The minimum atomic E-state index is 0.620. The van der Waals surface area contributed by atoms with Crippen LogP contribution < -0.4 is 11.1 Å². The van der Waals surface area contributed by atoms with Gasteiger partial charge in [0, 0.05) is 17.4 Å². The molecule has 0 aromatic heterocycles. The van der Waals surface area contributed by atoms with Crippen LogP contribution in [0, 0.1) is 18.8 Å². The van der Waals surface area contributed by atoms with Crippen LogP contribution in [0.15, 0.2) is 18.2 Å². The van der Waals surface area contributed by atoms with Crippen molar-refractivity contribution in [2.45, 2.75) is 46.1 Å². The van der Waals surface area contributed by atoms with E-state index in [0.29, 0.717) is 6.04 Å². The maximum Gasteiger partial charge on any atom is 0.0346 e. The Balaban J connectivity index is 2.02. The molecule has 3 atom stereocenters. The molecule has 3 unspecified atom stereocenters. The summed E-state index contributed by atoms with van der Waals surface area (Å²) in [7, 11) is 0. The largest absolute Gasteiger partial charge is 0.399 e. The van der Waals surface area contributed by atoms with Gasteiger partial charge in [0.1, 0.15) is 0 Å². The lowest BCUT2D eigenvalue weighted by Crippen LogP contribution is -2.33. The molecule has 1 aliphatic carbocycles. The molecule has 0 amide bonds. The minimum Gasteiger partial charge on any atom is -0.399 e. The third-order valence-electron chi connectivity index (χ3n) is 4.05. The molecule has 0 bridgehead atoms. The van der Waals surface area contributed by atoms with E-state index in [9.17, 15) is 0 Å². The van der Waals surface area contributed by atoms with Gasteiger partial charge in [-0.1, -0.05) is 13.8 Å². The standard InChI is InChI=1S/C15H24N2/c1-10-4-7-15(12(3)8-10)17-13-5-6-14(16)11(2)9-13/h5-6,9-10,12,15,17H,4,7-8,16H2,1-3H3. The number of aryl methyl sites for hydroxylation is 1. The molecule has 0 aliphatic heterocycles. The molecule has 3 N–H and O–H groups in total. The van der Waals surface area contributed by atoms with E-state index in [1.807, 2.05) is 6.07 Å². The van der Waals surface area contributed by atoms with E-state index in [1.54, 1.807) is 0 Å². The number of nitrogens with one attached hydrogen (secondary N) is 1. The van der Waals surface area contributed by atoms with Crippen LogP contribution in [-0.2, 0) is 0 Å². The Morgan fingerprint density at radius 1 is 1.24 bits per heavy atom. The number of anilines is 2. The fourth-order valence-electron chi connectivity index (χ4n) is 2.86. The first-order valence-corrected chi connectivity index (χ1v) is 6.69. The number of nitrogens with two attached hydrogens (primary N) is 1. The number of hydrogen-bond acceptors (Lipinski definition) is 2. The Kier molecular flexibility index (Phi) is 3.60. The van der Waals surface area contributed by atoms with Gasteiger partial charge < -0.3 is 11.1 Å². The van der Waals surface area contributed by atoms with Crippen LogP contribution in [0.25, 0.3) is 0 Å². The Morgan fingerprint density at radius 2 is 2.00 bits per heavy atom. The average Bonchev–Trinajstić information content (AvgIpc) is 2.27. The second-order valence-corrected chi connectivity index (χ2v) is 5.72. The summed E-state index contributed by atoms with van der Waals surface area (Å²) < 4.78 is 0. The highest BCUT2D eigenvalue weighted by Crippen LogP contribution is 2.31. The summed E-state index contributed by atoms with van der Waals surface area (Å²) in [6, 6.07) is 6.86. The molecule has 2 rings (SSSR count). The first kappa shape index (κ1) is 12.3. The van der Waals surface area contributed by atoms with Crippen LogP contribution >= 0.6 is 0 Å². The van der Waals surface area contributed by atoms with Crippen LogP contribution in [0.5, 0.6) is 0 Å². The topological polar surface area (TPSA) is 38.0 Å². The van der Waals surface area contributed by atoms with Crippen LogP contribution in [-0.4, -0.2) is 6.04 Å². The van der Waals surface area contributed by atoms with E-state index >= 15 is 0 Å². The normalized spacial score (nSPS) is 29.0. The van der Waals surface area contributed by atoms with Crippen molar-refractivity contribution in [3.05, 3.63) is 23.8 Å². The summed E-state index contributed by atoms with van der Waals surface area (Å²) in [6.07, 6.45) is 3.97. The molecule has 1 saturated carbocycles. The Labute approximate surface area is 105 Å². The molecule has 0 spiro atoms. The van der Waals surface area contributed by atoms with Crippen molar-refractivity contribution in [3.8, 4) is 0 Å². The van der Waals surface area contributed by atoms with Crippen LogP contribution in [0.1, 0.15) is 38.7 Å². The van der Waals surface area contributed by atoms with Gasteiger partial charge in [0.15, 0.2) is 0 Å². The summed E-state index contributed by atoms with van der Waals surface area (Å²) in [5, 5.41) is 3.66. The summed E-state index contributed by atoms with van der Waals surface area (Å²) in [5.41, 5.74) is 9.09. The maximum absolute atomic E-state index is 5.84. The molecule has 0 radical (unpaired) electrons. The number of benzene rings is 1. The average molecular weight is 232 g/mol. The zero-order valence-electron chi connectivity index (χ0n) is 11.2. The predicted molar refractivity (Wildman–Crippen MR) is 75.2 cm³/mol. The smallest absolute Gasteiger partial charge is 0.0346 e. The maximum atomic E-state index is 5.84.